The van der Waals surface area contributed by atoms with E-state index in [1.54, 1.807) is 4.90 Å². The Morgan fingerprint density at radius 2 is 1.77 bits per heavy atom. The molecule has 0 unspecified atom stereocenters. The normalized spacial score (nSPS) is 15.3. The molecule has 1 atom stereocenters. The number of anilines is 2. The first-order valence-corrected chi connectivity index (χ1v) is 10.3. The minimum atomic E-state index is -0.629. The molecule has 2 heterocycles. The van der Waals surface area contributed by atoms with Crippen LogP contribution in [0.3, 0.4) is 0 Å². The molecule has 1 aromatic heterocycles. The molecule has 154 valence electrons. The van der Waals surface area contributed by atoms with Crippen LogP contribution in [0.1, 0.15) is 23.6 Å². The summed E-state index contributed by atoms with van der Waals surface area (Å²) in [4.78, 5) is 32.6. The molecule has 4 aromatic rings. The van der Waals surface area contributed by atoms with Crippen molar-refractivity contribution < 1.29 is 9.59 Å². The molecule has 3 aromatic carbocycles. The van der Waals surface area contributed by atoms with E-state index in [-0.39, 0.29) is 18.2 Å². The second-order valence-electron chi connectivity index (χ2n) is 7.82. The number of imidazole rings is 1. The van der Waals surface area contributed by atoms with Crippen molar-refractivity contribution in [2.75, 3.05) is 10.2 Å². The van der Waals surface area contributed by atoms with Gasteiger partial charge in [-0.25, -0.2) is 4.98 Å². The molecule has 31 heavy (non-hydrogen) atoms. The monoisotopic (exact) mass is 410 g/mol. The van der Waals surface area contributed by atoms with Crippen LogP contribution in [0.25, 0.3) is 11.0 Å². The number of rotatable bonds is 5. The SMILES string of the molecule is Cc1cccc(CN2C(=O)[C@H](CC(=O)Nc3ccccc3)n3c2nc2ccccc23)c1. The third kappa shape index (κ3) is 3.57. The van der Waals surface area contributed by atoms with Crippen molar-refractivity contribution in [3.05, 3.63) is 90.0 Å². The molecule has 0 aliphatic carbocycles. The topological polar surface area (TPSA) is 67.2 Å². The molecule has 6 nitrogen and oxygen atoms in total. The number of amides is 2. The maximum Gasteiger partial charge on any atom is 0.253 e. The molecule has 2 amide bonds. The van der Waals surface area contributed by atoms with Gasteiger partial charge in [-0.3, -0.25) is 19.1 Å². The van der Waals surface area contributed by atoms with Gasteiger partial charge in [0, 0.05) is 5.69 Å². The third-order valence-electron chi connectivity index (χ3n) is 5.54. The summed E-state index contributed by atoms with van der Waals surface area (Å²) in [5, 5.41) is 2.89. The predicted octanol–water partition coefficient (Wildman–Crippen LogP) is 4.46. The second-order valence-corrected chi connectivity index (χ2v) is 7.82. The first kappa shape index (κ1) is 19.1. The molecule has 0 saturated heterocycles. The maximum absolute atomic E-state index is 13.4. The molecule has 0 fully saturated rings. The lowest BCUT2D eigenvalue weighted by Gasteiger charge is -2.16. The number of nitrogens with zero attached hydrogens (tertiary/aromatic N) is 3. The number of hydrogen-bond acceptors (Lipinski definition) is 3. The van der Waals surface area contributed by atoms with Crippen molar-refractivity contribution in [1.29, 1.82) is 0 Å². The Bertz CT molecular complexity index is 1280. The molecule has 0 saturated carbocycles. The fourth-order valence-electron chi connectivity index (χ4n) is 4.15. The highest BCUT2D eigenvalue weighted by atomic mass is 16.2. The Labute approximate surface area is 180 Å². The standard InChI is InChI=1S/C25H22N4O2/c1-17-8-7-9-18(14-17)16-28-24(31)22(15-23(30)26-19-10-3-2-4-11-19)29-21-13-6-5-12-20(21)27-25(28)29/h2-14,22H,15-16H2,1H3,(H,26,30)/t22-/m0/s1. The Hall–Kier alpha value is -3.93. The maximum atomic E-state index is 13.4. The summed E-state index contributed by atoms with van der Waals surface area (Å²) in [6.07, 6.45) is 0.0470. The van der Waals surface area contributed by atoms with Gasteiger partial charge in [-0.15, -0.1) is 0 Å². The van der Waals surface area contributed by atoms with E-state index < -0.39 is 6.04 Å². The number of nitrogens with one attached hydrogen (secondary N) is 1. The number of carbonyl (C=O) groups excluding carboxylic acids is 2. The van der Waals surface area contributed by atoms with Gasteiger partial charge >= 0.3 is 0 Å². The molecule has 6 heteroatoms. The number of aryl methyl sites for hydroxylation is 1. The quantitative estimate of drug-likeness (QED) is 0.528. The zero-order valence-corrected chi connectivity index (χ0v) is 17.2. The van der Waals surface area contributed by atoms with Crippen molar-refractivity contribution >= 4 is 34.5 Å². The molecule has 5 rings (SSSR count). The van der Waals surface area contributed by atoms with Gasteiger partial charge in [0.15, 0.2) is 0 Å². The number of carbonyl (C=O) groups is 2. The van der Waals surface area contributed by atoms with E-state index in [9.17, 15) is 9.59 Å². The highest BCUT2D eigenvalue weighted by molar-refractivity contribution is 6.05. The molecule has 0 radical (unpaired) electrons. The minimum Gasteiger partial charge on any atom is -0.326 e. The van der Waals surface area contributed by atoms with Crippen LogP contribution in [0.15, 0.2) is 78.9 Å². The molecular weight excluding hydrogens is 388 g/mol. The van der Waals surface area contributed by atoms with E-state index in [2.05, 4.69) is 11.4 Å². The highest BCUT2D eigenvalue weighted by Crippen LogP contribution is 2.37. The predicted molar refractivity (Wildman–Crippen MR) is 121 cm³/mol. The van der Waals surface area contributed by atoms with Gasteiger partial charge in [-0.05, 0) is 36.8 Å². The van der Waals surface area contributed by atoms with Crippen LogP contribution >= 0.6 is 0 Å². The lowest BCUT2D eigenvalue weighted by molar-refractivity contribution is -0.124. The number of benzene rings is 3. The zero-order chi connectivity index (χ0) is 21.4. The Morgan fingerprint density at radius 1 is 1.00 bits per heavy atom. The first-order valence-electron chi connectivity index (χ1n) is 10.3. The van der Waals surface area contributed by atoms with Crippen molar-refractivity contribution in [2.24, 2.45) is 0 Å². The molecule has 1 aliphatic heterocycles. The Balaban J connectivity index is 1.49. The lowest BCUT2D eigenvalue weighted by atomic mass is 10.1. The largest absolute Gasteiger partial charge is 0.326 e. The molecule has 1 N–H and O–H groups in total. The van der Waals surface area contributed by atoms with Crippen molar-refractivity contribution in [3.63, 3.8) is 0 Å². The van der Waals surface area contributed by atoms with Gasteiger partial charge in [0.05, 0.1) is 24.0 Å². The average Bonchev–Trinajstić information content (AvgIpc) is 3.25. The number of hydrogen-bond donors (Lipinski definition) is 1. The van der Waals surface area contributed by atoms with E-state index in [0.29, 0.717) is 18.2 Å². The summed E-state index contributed by atoms with van der Waals surface area (Å²) in [5.74, 6) is 0.272. The van der Waals surface area contributed by atoms with Gasteiger partial charge < -0.3 is 5.32 Å². The van der Waals surface area contributed by atoms with Crippen LogP contribution in [0.4, 0.5) is 11.6 Å². The number of fused-ring (bicyclic) bond motifs is 3. The van der Waals surface area contributed by atoms with Crippen molar-refractivity contribution in [3.8, 4) is 0 Å². The lowest BCUT2D eigenvalue weighted by Crippen LogP contribution is -2.31. The Morgan fingerprint density at radius 3 is 2.58 bits per heavy atom. The van der Waals surface area contributed by atoms with Crippen LogP contribution in [-0.2, 0) is 16.1 Å². The summed E-state index contributed by atoms with van der Waals surface area (Å²) in [5.41, 5.74) is 4.55. The first-order chi connectivity index (χ1) is 15.1. The van der Waals surface area contributed by atoms with Gasteiger partial charge in [0.2, 0.25) is 11.9 Å². The summed E-state index contributed by atoms with van der Waals surface area (Å²) in [6.45, 7) is 2.45. The Kier molecular flexibility index (Phi) is 4.75. The van der Waals surface area contributed by atoms with Gasteiger partial charge in [-0.2, -0.15) is 0 Å². The summed E-state index contributed by atoms with van der Waals surface area (Å²) >= 11 is 0. The minimum absolute atomic E-state index is 0.0470. The van der Waals surface area contributed by atoms with Crippen LogP contribution in [0.5, 0.6) is 0 Å². The highest BCUT2D eigenvalue weighted by Gasteiger charge is 2.40. The van der Waals surface area contributed by atoms with Crippen molar-refractivity contribution in [1.82, 2.24) is 9.55 Å². The average molecular weight is 410 g/mol. The van der Waals surface area contributed by atoms with E-state index >= 15 is 0 Å². The third-order valence-corrected chi connectivity index (χ3v) is 5.54. The fourth-order valence-corrected chi connectivity index (χ4v) is 4.15. The summed E-state index contributed by atoms with van der Waals surface area (Å²) in [7, 11) is 0. The summed E-state index contributed by atoms with van der Waals surface area (Å²) < 4.78 is 1.90. The van der Waals surface area contributed by atoms with Gasteiger partial charge in [-0.1, -0.05) is 60.2 Å². The second kappa shape index (κ2) is 7.72. The summed E-state index contributed by atoms with van der Waals surface area (Å²) in [6, 6.07) is 24.4. The van der Waals surface area contributed by atoms with E-state index in [0.717, 1.165) is 22.2 Å². The van der Waals surface area contributed by atoms with E-state index in [1.807, 2.05) is 84.3 Å². The van der Waals surface area contributed by atoms with Crippen LogP contribution < -0.4 is 10.2 Å². The molecule has 0 bridgehead atoms. The van der Waals surface area contributed by atoms with Gasteiger partial charge in [0.1, 0.15) is 6.04 Å². The zero-order valence-electron chi connectivity index (χ0n) is 17.2. The van der Waals surface area contributed by atoms with Crippen LogP contribution in [0, 0.1) is 6.92 Å². The van der Waals surface area contributed by atoms with Gasteiger partial charge in [0.25, 0.3) is 5.91 Å². The fraction of sp³-hybridized carbons (Fsp3) is 0.160. The van der Waals surface area contributed by atoms with Crippen molar-refractivity contribution in [2.45, 2.75) is 25.9 Å². The molecule has 0 spiro atoms. The van der Waals surface area contributed by atoms with Crippen LogP contribution in [-0.4, -0.2) is 21.4 Å². The molecular formula is C25H22N4O2. The number of aromatic nitrogens is 2. The molecule has 1 aliphatic rings. The number of para-hydroxylation sites is 3. The van der Waals surface area contributed by atoms with Crippen LogP contribution in [0.2, 0.25) is 0 Å². The van der Waals surface area contributed by atoms with E-state index in [1.165, 1.54) is 0 Å². The smallest absolute Gasteiger partial charge is 0.253 e. The van der Waals surface area contributed by atoms with E-state index in [4.69, 9.17) is 4.98 Å².